The average molecular weight is 209 g/mol. The third-order valence-corrected chi connectivity index (χ3v) is 5.58. The van der Waals surface area contributed by atoms with Gasteiger partial charge < -0.3 is 10.0 Å². The van der Waals surface area contributed by atoms with Crippen LogP contribution in [0.15, 0.2) is 0 Å². The summed E-state index contributed by atoms with van der Waals surface area (Å²) < 4.78 is 0. The van der Waals surface area contributed by atoms with Crippen molar-refractivity contribution < 1.29 is 5.11 Å². The molecule has 1 saturated carbocycles. The molecule has 2 heteroatoms. The molecule has 86 valence electrons. The van der Waals surface area contributed by atoms with Crippen molar-refractivity contribution in [3.05, 3.63) is 0 Å². The number of rotatable bonds is 1. The molecule has 2 nitrogen and oxygen atoms in total. The molecule has 2 saturated heterocycles. The molecule has 3 aliphatic rings. The standard InChI is InChI=1S/C13H23NO/c1-14-11-4-5-12(14)8-13(7-11)6-2-3-10(13)9-15/h10-12,15H,2-9H2,1H3. The molecule has 3 fully saturated rings. The Balaban J connectivity index is 1.83. The third-order valence-electron chi connectivity index (χ3n) is 5.58. The average Bonchev–Trinajstić information content (AvgIpc) is 2.68. The summed E-state index contributed by atoms with van der Waals surface area (Å²) in [5.74, 6) is 0.620. The Morgan fingerprint density at radius 1 is 1.20 bits per heavy atom. The van der Waals surface area contributed by atoms with E-state index >= 15 is 0 Å². The van der Waals surface area contributed by atoms with Gasteiger partial charge in [0.1, 0.15) is 0 Å². The molecule has 1 aliphatic carbocycles. The van der Waals surface area contributed by atoms with Crippen LogP contribution in [-0.2, 0) is 0 Å². The van der Waals surface area contributed by atoms with E-state index in [1.54, 1.807) is 0 Å². The van der Waals surface area contributed by atoms with Crippen molar-refractivity contribution in [2.24, 2.45) is 11.3 Å². The second-order valence-corrected chi connectivity index (χ2v) is 6.09. The van der Waals surface area contributed by atoms with E-state index in [1.165, 1.54) is 44.9 Å². The Bertz CT molecular complexity index is 239. The Labute approximate surface area is 92.7 Å². The van der Waals surface area contributed by atoms with Gasteiger partial charge in [-0.2, -0.15) is 0 Å². The number of piperidine rings is 1. The Morgan fingerprint density at radius 2 is 1.87 bits per heavy atom. The van der Waals surface area contributed by atoms with Crippen LogP contribution in [-0.4, -0.2) is 35.7 Å². The zero-order valence-electron chi connectivity index (χ0n) is 9.78. The molecule has 3 atom stereocenters. The van der Waals surface area contributed by atoms with Crippen molar-refractivity contribution in [2.45, 2.75) is 57.0 Å². The Hall–Kier alpha value is -0.0800. The van der Waals surface area contributed by atoms with Crippen molar-refractivity contribution in [3.8, 4) is 0 Å². The van der Waals surface area contributed by atoms with Gasteiger partial charge in [-0.15, -0.1) is 0 Å². The van der Waals surface area contributed by atoms with Gasteiger partial charge in [0.2, 0.25) is 0 Å². The van der Waals surface area contributed by atoms with Crippen molar-refractivity contribution in [1.82, 2.24) is 4.90 Å². The number of fused-ring (bicyclic) bond motifs is 2. The summed E-state index contributed by atoms with van der Waals surface area (Å²) in [6.07, 6.45) is 9.56. The van der Waals surface area contributed by atoms with E-state index in [2.05, 4.69) is 11.9 Å². The topological polar surface area (TPSA) is 23.5 Å². The van der Waals surface area contributed by atoms with E-state index in [4.69, 9.17) is 0 Å². The fourth-order valence-electron chi connectivity index (χ4n) is 4.64. The molecule has 0 aromatic heterocycles. The molecule has 2 aliphatic heterocycles. The predicted molar refractivity (Wildman–Crippen MR) is 60.7 cm³/mol. The van der Waals surface area contributed by atoms with Gasteiger partial charge in [-0.1, -0.05) is 6.42 Å². The van der Waals surface area contributed by atoms with Crippen molar-refractivity contribution in [3.63, 3.8) is 0 Å². The third kappa shape index (κ3) is 1.38. The lowest BCUT2D eigenvalue weighted by molar-refractivity contribution is 0.0106. The summed E-state index contributed by atoms with van der Waals surface area (Å²) >= 11 is 0. The van der Waals surface area contributed by atoms with Gasteiger partial charge in [-0.05, 0) is 56.9 Å². The van der Waals surface area contributed by atoms with Gasteiger partial charge in [-0.25, -0.2) is 0 Å². The first-order valence-corrected chi connectivity index (χ1v) is 6.58. The van der Waals surface area contributed by atoms with Gasteiger partial charge in [0.15, 0.2) is 0 Å². The maximum Gasteiger partial charge on any atom is 0.0464 e. The zero-order valence-corrected chi connectivity index (χ0v) is 9.78. The summed E-state index contributed by atoms with van der Waals surface area (Å²) in [6, 6.07) is 1.66. The highest BCUT2D eigenvalue weighted by molar-refractivity contribution is 5.04. The van der Waals surface area contributed by atoms with E-state index < -0.39 is 0 Å². The first-order valence-electron chi connectivity index (χ1n) is 6.58. The van der Waals surface area contributed by atoms with E-state index in [0.29, 0.717) is 17.9 Å². The second kappa shape index (κ2) is 3.46. The van der Waals surface area contributed by atoms with Crippen molar-refractivity contribution in [1.29, 1.82) is 0 Å². The molecule has 2 bridgehead atoms. The summed E-state index contributed by atoms with van der Waals surface area (Å²) in [5.41, 5.74) is 0.535. The molecule has 3 rings (SSSR count). The van der Waals surface area contributed by atoms with E-state index in [1.807, 2.05) is 0 Å². The summed E-state index contributed by atoms with van der Waals surface area (Å²) in [6.45, 7) is 0.434. The quantitative estimate of drug-likeness (QED) is 0.714. The summed E-state index contributed by atoms with van der Waals surface area (Å²) in [4.78, 5) is 2.61. The first-order chi connectivity index (χ1) is 7.25. The number of aliphatic hydroxyl groups excluding tert-OH is 1. The monoisotopic (exact) mass is 209 g/mol. The molecule has 0 aromatic rings. The minimum atomic E-state index is 0.434. The zero-order chi connectivity index (χ0) is 10.5. The minimum absolute atomic E-state index is 0.434. The molecular formula is C13H23NO. The van der Waals surface area contributed by atoms with Crippen molar-refractivity contribution in [2.75, 3.05) is 13.7 Å². The number of hydrogen-bond acceptors (Lipinski definition) is 2. The number of hydrogen-bond donors (Lipinski definition) is 1. The van der Waals surface area contributed by atoms with Crippen LogP contribution >= 0.6 is 0 Å². The van der Waals surface area contributed by atoms with Gasteiger partial charge in [0.05, 0.1) is 0 Å². The van der Waals surface area contributed by atoms with Crippen LogP contribution in [0.3, 0.4) is 0 Å². The highest BCUT2D eigenvalue weighted by Crippen LogP contribution is 2.56. The fraction of sp³-hybridized carbons (Fsp3) is 1.00. The van der Waals surface area contributed by atoms with E-state index in [-0.39, 0.29) is 0 Å². The molecule has 0 radical (unpaired) electrons. The van der Waals surface area contributed by atoms with Crippen molar-refractivity contribution >= 4 is 0 Å². The molecular weight excluding hydrogens is 186 g/mol. The Morgan fingerprint density at radius 3 is 2.47 bits per heavy atom. The van der Waals surface area contributed by atoms with Crippen LogP contribution in [0.2, 0.25) is 0 Å². The van der Waals surface area contributed by atoms with Crippen LogP contribution in [0.25, 0.3) is 0 Å². The van der Waals surface area contributed by atoms with Crippen LogP contribution in [0.4, 0.5) is 0 Å². The lowest BCUT2D eigenvalue weighted by Crippen LogP contribution is -2.47. The molecule has 1 N–H and O–H groups in total. The molecule has 15 heavy (non-hydrogen) atoms. The maximum absolute atomic E-state index is 9.53. The molecule has 0 aromatic carbocycles. The van der Waals surface area contributed by atoms with Crippen LogP contribution in [0.5, 0.6) is 0 Å². The summed E-state index contributed by atoms with van der Waals surface area (Å²) in [5, 5.41) is 9.53. The molecule has 1 spiro atoms. The smallest absolute Gasteiger partial charge is 0.0464 e. The SMILES string of the molecule is CN1C2CCC1CC1(CCCC1CO)C2. The lowest BCUT2D eigenvalue weighted by Gasteiger charge is -2.46. The maximum atomic E-state index is 9.53. The highest BCUT2D eigenvalue weighted by atomic mass is 16.3. The van der Waals surface area contributed by atoms with Gasteiger partial charge in [-0.3, -0.25) is 0 Å². The largest absolute Gasteiger partial charge is 0.396 e. The number of nitrogens with zero attached hydrogens (tertiary/aromatic N) is 1. The molecule has 3 unspecified atom stereocenters. The number of aliphatic hydroxyl groups is 1. The van der Waals surface area contributed by atoms with E-state index in [0.717, 1.165) is 12.1 Å². The van der Waals surface area contributed by atoms with Crippen LogP contribution in [0, 0.1) is 11.3 Å². The highest BCUT2D eigenvalue weighted by Gasteiger charge is 2.51. The normalized spacial score (nSPS) is 50.4. The van der Waals surface area contributed by atoms with Gasteiger partial charge >= 0.3 is 0 Å². The van der Waals surface area contributed by atoms with E-state index in [9.17, 15) is 5.11 Å². The fourth-order valence-corrected chi connectivity index (χ4v) is 4.64. The van der Waals surface area contributed by atoms with Gasteiger partial charge in [0.25, 0.3) is 0 Å². The van der Waals surface area contributed by atoms with Gasteiger partial charge in [0, 0.05) is 18.7 Å². The minimum Gasteiger partial charge on any atom is -0.396 e. The summed E-state index contributed by atoms with van der Waals surface area (Å²) in [7, 11) is 2.30. The van der Waals surface area contributed by atoms with Crippen LogP contribution < -0.4 is 0 Å². The Kier molecular flexibility index (Phi) is 2.33. The molecule has 2 heterocycles. The van der Waals surface area contributed by atoms with Crippen LogP contribution in [0.1, 0.15) is 44.9 Å². The second-order valence-electron chi connectivity index (χ2n) is 6.09. The molecule has 0 amide bonds. The first kappa shape index (κ1) is 10.1. The predicted octanol–water partition coefficient (Wildman–Crippen LogP) is 2.02. The lowest BCUT2D eigenvalue weighted by atomic mass is 9.68.